The molecule has 0 radical (unpaired) electrons. The first-order chi connectivity index (χ1) is 10.2. The summed E-state index contributed by atoms with van der Waals surface area (Å²) in [6.45, 7) is 1.98. The zero-order chi connectivity index (χ0) is 14.8. The Kier molecular flexibility index (Phi) is 4.02. The predicted molar refractivity (Wildman–Crippen MR) is 82.9 cm³/mol. The molecule has 1 aliphatic carbocycles. The quantitative estimate of drug-likeness (QED) is 0.924. The molecule has 3 rings (SSSR count). The van der Waals surface area contributed by atoms with Crippen molar-refractivity contribution >= 4 is 0 Å². The van der Waals surface area contributed by atoms with Gasteiger partial charge in [0, 0.05) is 23.9 Å². The smallest absolute Gasteiger partial charge is 0.123 e. The lowest BCUT2D eigenvalue weighted by Gasteiger charge is -2.32. The molecule has 0 bridgehead atoms. The van der Waals surface area contributed by atoms with Crippen molar-refractivity contribution in [3.05, 3.63) is 64.7 Å². The van der Waals surface area contributed by atoms with Crippen LogP contribution < -0.4 is 5.32 Å². The van der Waals surface area contributed by atoms with Crippen LogP contribution in [-0.2, 0) is 6.42 Å². The highest BCUT2D eigenvalue weighted by atomic mass is 19.1. The molecule has 0 saturated carbocycles. The monoisotopic (exact) mass is 284 g/mol. The molecule has 3 heteroatoms. The number of hydrogen-bond donors (Lipinski definition) is 1. The van der Waals surface area contributed by atoms with E-state index < -0.39 is 0 Å². The second-order valence-electron chi connectivity index (χ2n) is 5.81. The highest BCUT2D eigenvalue weighted by Crippen LogP contribution is 2.39. The lowest BCUT2D eigenvalue weighted by atomic mass is 9.79. The lowest BCUT2D eigenvalue weighted by molar-refractivity contribution is 0.414. The molecule has 21 heavy (non-hydrogen) atoms. The van der Waals surface area contributed by atoms with Crippen molar-refractivity contribution in [2.75, 3.05) is 7.05 Å². The summed E-state index contributed by atoms with van der Waals surface area (Å²) >= 11 is 0. The van der Waals surface area contributed by atoms with Crippen LogP contribution in [0.4, 0.5) is 4.39 Å². The third-order valence-electron chi connectivity index (χ3n) is 4.52. The van der Waals surface area contributed by atoms with Gasteiger partial charge in [0.15, 0.2) is 0 Å². The minimum Gasteiger partial charge on any atom is -0.312 e. The molecule has 2 unspecified atom stereocenters. The summed E-state index contributed by atoms with van der Waals surface area (Å²) in [6.07, 6.45) is 5.29. The highest BCUT2D eigenvalue weighted by molar-refractivity contribution is 5.35. The number of likely N-dealkylation sites (N-methyl/N-ethyl adjacent to an activating group) is 1. The van der Waals surface area contributed by atoms with Crippen LogP contribution in [0.15, 0.2) is 36.5 Å². The fraction of sp³-hybridized carbons (Fsp3) is 0.389. The number of nitrogens with zero attached hydrogens (tertiary/aromatic N) is 1. The van der Waals surface area contributed by atoms with Crippen LogP contribution in [0.1, 0.15) is 47.2 Å². The van der Waals surface area contributed by atoms with E-state index in [0.717, 1.165) is 18.4 Å². The fourth-order valence-electron chi connectivity index (χ4n) is 3.53. The maximum Gasteiger partial charge on any atom is 0.123 e. The number of aryl methyl sites for hydroxylation is 2. The molecule has 0 fully saturated rings. The summed E-state index contributed by atoms with van der Waals surface area (Å²) in [6, 6.07) is 9.44. The van der Waals surface area contributed by atoms with Crippen LogP contribution >= 0.6 is 0 Å². The maximum absolute atomic E-state index is 13.4. The number of nitrogens with one attached hydrogen (secondary N) is 1. The first-order valence-electron chi connectivity index (χ1n) is 7.58. The van der Waals surface area contributed by atoms with Gasteiger partial charge in [-0.1, -0.05) is 12.1 Å². The first kappa shape index (κ1) is 14.2. The second-order valence-corrected chi connectivity index (χ2v) is 5.81. The molecule has 0 spiro atoms. The van der Waals surface area contributed by atoms with E-state index in [9.17, 15) is 4.39 Å². The van der Waals surface area contributed by atoms with E-state index in [-0.39, 0.29) is 11.9 Å². The molecule has 0 saturated heterocycles. The van der Waals surface area contributed by atoms with Crippen molar-refractivity contribution in [1.29, 1.82) is 0 Å². The molecule has 1 aromatic carbocycles. The number of benzene rings is 1. The van der Waals surface area contributed by atoms with Gasteiger partial charge >= 0.3 is 0 Å². The number of pyridine rings is 1. The van der Waals surface area contributed by atoms with Crippen LogP contribution in [0.5, 0.6) is 0 Å². The van der Waals surface area contributed by atoms with E-state index >= 15 is 0 Å². The number of halogens is 1. The average Bonchev–Trinajstić information content (AvgIpc) is 2.50. The summed E-state index contributed by atoms with van der Waals surface area (Å²) in [5.41, 5.74) is 4.72. The molecule has 1 aromatic heterocycles. The van der Waals surface area contributed by atoms with Gasteiger partial charge in [0.1, 0.15) is 5.82 Å². The van der Waals surface area contributed by atoms with Crippen LogP contribution in [-0.4, -0.2) is 12.0 Å². The zero-order valence-corrected chi connectivity index (χ0v) is 12.6. The Balaban J connectivity index is 2.01. The Morgan fingerprint density at radius 1 is 1.33 bits per heavy atom. The molecule has 2 aromatic rings. The molecular formula is C18H21FN2. The van der Waals surface area contributed by atoms with Gasteiger partial charge in [-0.3, -0.25) is 4.98 Å². The normalized spacial score (nSPS) is 19.1. The molecule has 1 aliphatic rings. The van der Waals surface area contributed by atoms with Gasteiger partial charge in [-0.15, -0.1) is 0 Å². The van der Waals surface area contributed by atoms with Gasteiger partial charge in [0.05, 0.1) is 0 Å². The van der Waals surface area contributed by atoms with Crippen LogP contribution in [0.2, 0.25) is 0 Å². The van der Waals surface area contributed by atoms with E-state index in [1.54, 1.807) is 12.1 Å². The minimum absolute atomic E-state index is 0.173. The lowest BCUT2D eigenvalue weighted by Crippen LogP contribution is -2.28. The van der Waals surface area contributed by atoms with E-state index in [4.69, 9.17) is 0 Å². The number of aromatic nitrogens is 1. The molecule has 110 valence electrons. The summed E-state index contributed by atoms with van der Waals surface area (Å²) in [7, 11) is 1.98. The second kappa shape index (κ2) is 5.94. The van der Waals surface area contributed by atoms with E-state index in [2.05, 4.69) is 16.4 Å². The Morgan fingerprint density at radius 3 is 2.95 bits per heavy atom. The Hall–Kier alpha value is -1.74. The van der Waals surface area contributed by atoms with E-state index in [1.807, 2.05) is 32.3 Å². The topological polar surface area (TPSA) is 24.9 Å². The first-order valence-corrected chi connectivity index (χ1v) is 7.58. The Morgan fingerprint density at radius 2 is 2.19 bits per heavy atom. The fourth-order valence-corrected chi connectivity index (χ4v) is 3.53. The van der Waals surface area contributed by atoms with E-state index in [0.29, 0.717) is 5.92 Å². The minimum atomic E-state index is -0.173. The molecule has 2 atom stereocenters. The number of fused-ring (bicyclic) bond motifs is 1. The standard InChI is InChI=1S/C18H21FN2/c1-12-11-14(19)8-9-15(12)18(20-2)16-7-3-5-13-6-4-10-21-17(13)16/h4,6,8-11,16,18,20H,3,5,7H2,1-2H3. The summed E-state index contributed by atoms with van der Waals surface area (Å²) in [4.78, 5) is 4.63. The summed E-state index contributed by atoms with van der Waals surface area (Å²) in [5, 5.41) is 3.43. The highest BCUT2D eigenvalue weighted by Gasteiger charge is 2.29. The SMILES string of the molecule is CNC(c1ccc(F)cc1C)C1CCCc2cccnc21. The van der Waals surface area contributed by atoms with Crippen molar-refractivity contribution in [2.45, 2.75) is 38.1 Å². The van der Waals surface area contributed by atoms with Gasteiger partial charge in [-0.25, -0.2) is 4.39 Å². The third-order valence-corrected chi connectivity index (χ3v) is 4.52. The molecule has 0 amide bonds. The third kappa shape index (κ3) is 2.70. The van der Waals surface area contributed by atoms with Crippen LogP contribution in [0.3, 0.4) is 0 Å². The largest absolute Gasteiger partial charge is 0.312 e. The number of rotatable bonds is 3. The van der Waals surface area contributed by atoms with Gasteiger partial charge in [0.25, 0.3) is 0 Å². The summed E-state index contributed by atoms with van der Waals surface area (Å²) < 4.78 is 13.4. The van der Waals surface area contributed by atoms with Crippen molar-refractivity contribution in [2.24, 2.45) is 0 Å². The molecule has 1 N–H and O–H groups in total. The number of hydrogen-bond acceptors (Lipinski definition) is 2. The zero-order valence-electron chi connectivity index (χ0n) is 12.6. The van der Waals surface area contributed by atoms with Crippen LogP contribution in [0, 0.1) is 12.7 Å². The average molecular weight is 284 g/mol. The van der Waals surface area contributed by atoms with Crippen molar-refractivity contribution in [3.63, 3.8) is 0 Å². The van der Waals surface area contributed by atoms with Gasteiger partial charge < -0.3 is 5.32 Å². The Labute approximate surface area is 125 Å². The van der Waals surface area contributed by atoms with E-state index in [1.165, 1.54) is 23.2 Å². The van der Waals surface area contributed by atoms with Gasteiger partial charge in [-0.2, -0.15) is 0 Å². The molecule has 2 nitrogen and oxygen atoms in total. The summed E-state index contributed by atoms with van der Waals surface area (Å²) in [5.74, 6) is 0.178. The maximum atomic E-state index is 13.4. The van der Waals surface area contributed by atoms with Crippen molar-refractivity contribution < 1.29 is 4.39 Å². The van der Waals surface area contributed by atoms with Gasteiger partial charge in [0.2, 0.25) is 0 Å². The molecular weight excluding hydrogens is 263 g/mol. The van der Waals surface area contributed by atoms with Crippen LogP contribution in [0.25, 0.3) is 0 Å². The van der Waals surface area contributed by atoms with Gasteiger partial charge in [-0.05, 0) is 68.1 Å². The molecule has 0 aliphatic heterocycles. The molecule has 1 heterocycles. The predicted octanol–water partition coefficient (Wildman–Crippen LogP) is 3.91. The van der Waals surface area contributed by atoms with Crippen molar-refractivity contribution in [1.82, 2.24) is 10.3 Å². The Bertz CT molecular complexity index is 639. The van der Waals surface area contributed by atoms with Crippen molar-refractivity contribution in [3.8, 4) is 0 Å².